The summed E-state index contributed by atoms with van der Waals surface area (Å²) in [5.41, 5.74) is 4.61. The highest BCUT2D eigenvalue weighted by Gasteiger charge is 2.42. The van der Waals surface area contributed by atoms with Crippen LogP contribution in [-0.4, -0.2) is 17.4 Å². The predicted octanol–water partition coefficient (Wildman–Crippen LogP) is 6.33. The minimum atomic E-state index is -0.478. The Kier molecular flexibility index (Phi) is 6.16. The summed E-state index contributed by atoms with van der Waals surface area (Å²) >= 11 is 0. The zero-order valence-electron chi connectivity index (χ0n) is 20.3. The average molecular weight is 468 g/mol. The van der Waals surface area contributed by atoms with Crippen molar-refractivity contribution >= 4 is 16.9 Å². The molecular weight excluding hydrogens is 438 g/mol. The lowest BCUT2D eigenvalue weighted by molar-refractivity contribution is 0.0725. The topological polar surface area (TPSA) is 59.8 Å². The van der Waals surface area contributed by atoms with Gasteiger partial charge in [-0.3, -0.25) is 9.59 Å². The molecule has 0 aliphatic carbocycles. The fraction of sp³-hybridized carbons (Fsp3) is 0.267. The average Bonchev–Trinajstić information content (AvgIpc) is 3.15. The molecule has 4 aromatic rings. The molecule has 0 bridgehead atoms. The number of ether oxygens (including phenoxy) is 1. The lowest BCUT2D eigenvalue weighted by Crippen LogP contribution is -2.30. The van der Waals surface area contributed by atoms with Crippen LogP contribution < -0.4 is 10.2 Å². The minimum absolute atomic E-state index is 0.130. The number of carbonyl (C=O) groups excluding carboxylic acids is 1. The van der Waals surface area contributed by atoms with Gasteiger partial charge in [-0.1, -0.05) is 61.9 Å². The molecule has 178 valence electrons. The highest BCUT2D eigenvalue weighted by Crippen LogP contribution is 2.39. The van der Waals surface area contributed by atoms with Gasteiger partial charge in [0.25, 0.3) is 5.91 Å². The van der Waals surface area contributed by atoms with E-state index >= 15 is 0 Å². The van der Waals surface area contributed by atoms with Gasteiger partial charge >= 0.3 is 0 Å². The maximum atomic E-state index is 13.7. The van der Waals surface area contributed by atoms with Crippen molar-refractivity contribution in [2.75, 3.05) is 6.54 Å². The Balaban J connectivity index is 1.55. The molecule has 0 N–H and O–H groups in total. The smallest absolute Gasteiger partial charge is 0.290 e. The molecule has 5 heteroatoms. The Morgan fingerprint density at radius 2 is 1.71 bits per heavy atom. The molecule has 1 aliphatic rings. The van der Waals surface area contributed by atoms with E-state index < -0.39 is 6.04 Å². The Morgan fingerprint density at radius 1 is 0.971 bits per heavy atom. The van der Waals surface area contributed by atoms with E-state index in [9.17, 15) is 9.59 Å². The van der Waals surface area contributed by atoms with Gasteiger partial charge in [0.05, 0.1) is 17.0 Å². The molecule has 0 radical (unpaired) electrons. The van der Waals surface area contributed by atoms with Gasteiger partial charge in [-0.25, -0.2) is 0 Å². The van der Waals surface area contributed by atoms with Gasteiger partial charge in [-0.15, -0.1) is 0 Å². The molecule has 0 saturated heterocycles. The normalized spacial score (nSPS) is 15.0. The number of carbonyl (C=O) groups is 1. The summed E-state index contributed by atoms with van der Waals surface area (Å²) in [6.07, 6.45) is 1.79. The predicted molar refractivity (Wildman–Crippen MR) is 137 cm³/mol. The van der Waals surface area contributed by atoms with Crippen LogP contribution in [0.2, 0.25) is 0 Å². The minimum Gasteiger partial charge on any atom is -0.489 e. The van der Waals surface area contributed by atoms with Gasteiger partial charge in [0.15, 0.2) is 5.43 Å². The third-order valence-electron chi connectivity index (χ3n) is 6.59. The quantitative estimate of drug-likeness (QED) is 0.318. The van der Waals surface area contributed by atoms with Crippen LogP contribution in [0, 0.1) is 13.8 Å². The Labute approximate surface area is 205 Å². The maximum absolute atomic E-state index is 13.7. The van der Waals surface area contributed by atoms with E-state index in [-0.39, 0.29) is 17.1 Å². The number of rotatable bonds is 7. The maximum Gasteiger partial charge on any atom is 0.290 e. The number of fused-ring (bicyclic) bond motifs is 2. The second kappa shape index (κ2) is 9.41. The Morgan fingerprint density at radius 3 is 2.43 bits per heavy atom. The molecule has 2 heterocycles. The van der Waals surface area contributed by atoms with Crippen LogP contribution in [0.25, 0.3) is 11.0 Å². The summed E-state index contributed by atoms with van der Waals surface area (Å²) in [6.45, 7) is 6.99. The SMILES string of the molecule is CCCCN1C(=O)c2oc3c(C)cc(C)cc3c(=O)c2C1c1ccc(OCc2ccccc2)cc1. The lowest BCUT2D eigenvalue weighted by atomic mass is 9.97. The van der Waals surface area contributed by atoms with Crippen molar-refractivity contribution in [3.8, 4) is 5.75 Å². The molecule has 1 unspecified atom stereocenters. The van der Waals surface area contributed by atoms with Crippen LogP contribution in [0.5, 0.6) is 5.75 Å². The van der Waals surface area contributed by atoms with Crippen LogP contribution in [0.3, 0.4) is 0 Å². The molecule has 0 fully saturated rings. The van der Waals surface area contributed by atoms with Gasteiger partial charge in [0.1, 0.15) is 17.9 Å². The summed E-state index contributed by atoms with van der Waals surface area (Å²) in [5, 5.41) is 0.527. The van der Waals surface area contributed by atoms with E-state index in [4.69, 9.17) is 9.15 Å². The Bertz CT molecular complexity index is 1440. The number of nitrogens with zero attached hydrogens (tertiary/aromatic N) is 1. The molecule has 5 nitrogen and oxygen atoms in total. The fourth-order valence-corrected chi connectivity index (χ4v) is 4.87. The number of aryl methyl sites for hydroxylation is 2. The molecular formula is C30H29NO4. The first-order chi connectivity index (χ1) is 17.0. The second-order valence-corrected chi connectivity index (χ2v) is 9.23. The first-order valence-electron chi connectivity index (χ1n) is 12.1. The van der Waals surface area contributed by atoms with Crippen LogP contribution >= 0.6 is 0 Å². The zero-order chi connectivity index (χ0) is 24.5. The zero-order valence-corrected chi connectivity index (χ0v) is 20.3. The van der Waals surface area contributed by atoms with E-state index in [2.05, 4.69) is 6.92 Å². The summed E-state index contributed by atoms with van der Waals surface area (Å²) in [6, 6.07) is 21.0. The van der Waals surface area contributed by atoms with E-state index in [0.29, 0.717) is 29.7 Å². The van der Waals surface area contributed by atoms with E-state index in [0.717, 1.165) is 40.8 Å². The van der Waals surface area contributed by atoms with Gasteiger partial charge in [-0.05, 0) is 60.7 Å². The van der Waals surface area contributed by atoms with Crippen LogP contribution in [0.15, 0.2) is 75.9 Å². The monoisotopic (exact) mass is 467 g/mol. The molecule has 0 spiro atoms. The third-order valence-corrected chi connectivity index (χ3v) is 6.59. The van der Waals surface area contributed by atoms with E-state index in [1.54, 1.807) is 4.90 Å². The van der Waals surface area contributed by atoms with Crippen molar-refractivity contribution < 1.29 is 13.9 Å². The number of unbranched alkanes of at least 4 members (excludes halogenated alkanes) is 1. The van der Waals surface area contributed by atoms with E-state index in [1.807, 2.05) is 80.6 Å². The molecule has 0 saturated carbocycles. The Hall–Kier alpha value is -3.86. The highest BCUT2D eigenvalue weighted by atomic mass is 16.5. The van der Waals surface area contributed by atoms with Crippen LogP contribution in [-0.2, 0) is 6.61 Å². The van der Waals surface area contributed by atoms with Gasteiger partial charge in [0.2, 0.25) is 5.76 Å². The van der Waals surface area contributed by atoms with Crippen LogP contribution in [0.4, 0.5) is 0 Å². The molecule has 1 atom stereocenters. The molecule has 3 aromatic carbocycles. The molecule has 5 rings (SSSR count). The van der Waals surface area contributed by atoms with Gasteiger partial charge in [-0.2, -0.15) is 0 Å². The lowest BCUT2D eigenvalue weighted by Gasteiger charge is -2.25. The molecule has 35 heavy (non-hydrogen) atoms. The largest absolute Gasteiger partial charge is 0.489 e. The first-order valence-corrected chi connectivity index (χ1v) is 12.1. The number of amides is 1. The molecule has 1 aromatic heterocycles. The summed E-state index contributed by atoms with van der Waals surface area (Å²) in [4.78, 5) is 29.0. The molecule has 1 aliphatic heterocycles. The van der Waals surface area contributed by atoms with E-state index in [1.165, 1.54) is 0 Å². The number of hydrogen-bond acceptors (Lipinski definition) is 4. The van der Waals surface area contributed by atoms with Crippen LogP contribution in [0.1, 0.15) is 64.2 Å². The fourth-order valence-electron chi connectivity index (χ4n) is 4.87. The van der Waals surface area contributed by atoms with Crippen molar-refractivity contribution in [3.05, 3.63) is 111 Å². The van der Waals surface area contributed by atoms with Crippen molar-refractivity contribution in [1.29, 1.82) is 0 Å². The van der Waals surface area contributed by atoms with Crippen molar-refractivity contribution in [2.24, 2.45) is 0 Å². The van der Waals surface area contributed by atoms with Gasteiger partial charge in [0, 0.05) is 6.54 Å². The highest BCUT2D eigenvalue weighted by molar-refractivity contribution is 5.99. The van der Waals surface area contributed by atoms with Crippen molar-refractivity contribution in [1.82, 2.24) is 4.90 Å². The van der Waals surface area contributed by atoms with Crippen molar-refractivity contribution in [2.45, 2.75) is 46.3 Å². The second-order valence-electron chi connectivity index (χ2n) is 9.23. The molecule has 1 amide bonds. The first kappa shape index (κ1) is 22.9. The summed E-state index contributed by atoms with van der Waals surface area (Å²) < 4.78 is 12.1. The summed E-state index contributed by atoms with van der Waals surface area (Å²) in [5.74, 6) is 0.681. The number of hydrogen-bond donors (Lipinski definition) is 0. The van der Waals surface area contributed by atoms with Crippen molar-refractivity contribution in [3.63, 3.8) is 0 Å². The standard InChI is InChI=1S/C30H29NO4/c1-4-5-15-31-26(22-11-13-23(14-12-22)34-18-21-9-7-6-8-10-21)25-27(32)24-17-19(2)16-20(3)28(24)35-29(25)30(31)33/h6-14,16-17,26H,4-5,15,18H2,1-3H3. The summed E-state index contributed by atoms with van der Waals surface area (Å²) in [7, 11) is 0. The number of benzene rings is 3. The van der Waals surface area contributed by atoms with Gasteiger partial charge < -0.3 is 14.1 Å². The third kappa shape index (κ3) is 4.23.